The summed E-state index contributed by atoms with van der Waals surface area (Å²) in [7, 11) is 0. The van der Waals surface area contributed by atoms with Crippen molar-refractivity contribution in [2.24, 2.45) is 17.8 Å². The lowest BCUT2D eigenvalue weighted by atomic mass is 9.79. The maximum absolute atomic E-state index is 12.9. The molecular formula is C11H13F. The summed E-state index contributed by atoms with van der Waals surface area (Å²) in [6, 6.07) is 0. The Balaban J connectivity index is 1.91. The van der Waals surface area contributed by atoms with E-state index in [4.69, 9.17) is 0 Å². The molecule has 0 saturated heterocycles. The second kappa shape index (κ2) is 2.21. The smallest absolute Gasteiger partial charge is 0.119 e. The quantitative estimate of drug-likeness (QED) is 0.515. The van der Waals surface area contributed by atoms with E-state index in [1.54, 1.807) is 12.2 Å². The Morgan fingerprint density at radius 2 is 2.33 bits per heavy atom. The van der Waals surface area contributed by atoms with E-state index in [0.717, 1.165) is 30.6 Å². The zero-order valence-electron chi connectivity index (χ0n) is 7.09. The molecule has 0 bridgehead atoms. The van der Waals surface area contributed by atoms with Crippen LogP contribution in [0.3, 0.4) is 0 Å². The fourth-order valence-corrected chi connectivity index (χ4v) is 2.89. The van der Waals surface area contributed by atoms with Gasteiger partial charge in [0, 0.05) is 0 Å². The largest absolute Gasteiger partial charge is 0.207 e. The number of hydrogen-bond acceptors (Lipinski definition) is 0. The molecule has 2 saturated carbocycles. The SMILES string of the molecule is FC1=CCC2C(=C1)CCC1CC12. The summed E-state index contributed by atoms with van der Waals surface area (Å²) < 4.78 is 12.9. The van der Waals surface area contributed by atoms with Crippen LogP contribution in [0.1, 0.15) is 25.7 Å². The first-order valence-electron chi connectivity index (χ1n) is 4.91. The molecule has 3 aliphatic carbocycles. The highest BCUT2D eigenvalue weighted by atomic mass is 19.1. The molecule has 3 aliphatic rings. The average molecular weight is 164 g/mol. The van der Waals surface area contributed by atoms with E-state index in [-0.39, 0.29) is 5.83 Å². The van der Waals surface area contributed by atoms with E-state index in [0.29, 0.717) is 0 Å². The average Bonchev–Trinajstić information content (AvgIpc) is 2.82. The van der Waals surface area contributed by atoms with Gasteiger partial charge in [0.05, 0.1) is 0 Å². The van der Waals surface area contributed by atoms with Gasteiger partial charge in [-0.05, 0) is 55.6 Å². The van der Waals surface area contributed by atoms with Gasteiger partial charge in [-0.15, -0.1) is 0 Å². The Bertz CT molecular complexity index is 275. The molecule has 0 aromatic carbocycles. The van der Waals surface area contributed by atoms with Crippen LogP contribution in [-0.4, -0.2) is 0 Å². The Kier molecular flexibility index (Phi) is 1.27. The van der Waals surface area contributed by atoms with E-state index < -0.39 is 0 Å². The van der Waals surface area contributed by atoms with Gasteiger partial charge in [-0.2, -0.15) is 0 Å². The molecule has 0 aliphatic heterocycles. The number of allylic oxidation sites excluding steroid dienone is 4. The minimum absolute atomic E-state index is 0.000324. The van der Waals surface area contributed by atoms with E-state index in [1.165, 1.54) is 18.4 Å². The monoisotopic (exact) mass is 164 g/mol. The standard InChI is InChI=1S/C11H13F/c12-9-3-4-10-7(5-9)1-2-8-6-11(8)10/h3,5,8,10-11H,1-2,4,6H2. The van der Waals surface area contributed by atoms with Gasteiger partial charge in [-0.25, -0.2) is 4.39 Å². The molecule has 0 aromatic heterocycles. The van der Waals surface area contributed by atoms with E-state index >= 15 is 0 Å². The molecule has 64 valence electrons. The third-order valence-corrected chi connectivity index (χ3v) is 3.66. The van der Waals surface area contributed by atoms with Gasteiger partial charge in [-0.3, -0.25) is 0 Å². The lowest BCUT2D eigenvalue weighted by Gasteiger charge is -2.26. The first-order chi connectivity index (χ1) is 5.84. The third kappa shape index (κ3) is 0.886. The van der Waals surface area contributed by atoms with Crippen molar-refractivity contribution >= 4 is 0 Å². The molecule has 3 atom stereocenters. The van der Waals surface area contributed by atoms with E-state index in [2.05, 4.69) is 0 Å². The summed E-state index contributed by atoms with van der Waals surface area (Å²) in [4.78, 5) is 0. The summed E-state index contributed by atoms with van der Waals surface area (Å²) in [5.74, 6) is 2.65. The highest BCUT2D eigenvalue weighted by Crippen LogP contribution is 2.56. The van der Waals surface area contributed by atoms with Gasteiger partial charge >= 0.3 is 0 Å². The van der Waals surface area contributed by atoms with Gasteiger partial charge in [-0.1, -0.05) is 5.57 Å². The van der Waals surface area contributed by atoms with E-state index in [9.17, 15) is 4.39 Å². The Morgan fingerprint density at radius 1 is 1.42 bits per heavy atom. The fourth-order valence-electron chi connectivity index (χ4n) is 2.89. The summed E-state index contributed by atoms with van der Waals surface area (Å²) in [6.07, 6.45) is 8.40. The third-order valence-electron chi connectivity index (χ3n) is 3.66. The lowest BCUT2D eigenvalue weighted by Crippen LogP contribution is -2.15. The highest BCUT2D eigenvalue weighted by Gasteiger charge is 2.47. The molecule has 0 amide bonds. The lowest BCUT2D eigenvalue weighted by molar-refractivity contribution is 0.417. The minimum atomic E-state index is 0.000324. The predicted molar refractivity (Wildman–Crippen MR) is 46.2 cm³/mol. The highest BCUT2D eigenvalue weighted by molar-refractivity contribution is 5.29. The predicted octanol–water partition coefficient (Wildman–Crippen LogP) is 3.22. The van der Waals surface area contributed by atoms with Crippen LogP contribution in [0.5, 0.6) is 0 Å². The van der Waals surface area contributed by atoms with Crippen LogP contribution in [0.2, 0.25) is 0 Å². The molecule has 0 N–H and O–H groups in total. The molecular weight excluding hydrogens is 151 g/mol. The van der Waals surface area contributed by atoms with Crippen molar-refractivity contribution in [3.05, 3.63) is 23.6 Å². The van der Waals surface area contributed by atoms with E-state index in [1.807, 2.05) is 0 Å². The summed E-state index contributed by atoms with van der Waals surface area (Å²) in [5, 5.41) is 0. The van der Waals surface area contributed by atoms with Crippen LogP contribution < -0.4 is 0 Å². The van der Waals surface area contributed by atoms with Gasteiger partial charge in [0.1, 0.15) is 5.83 Å². The zero-order chi connectivity index (χ0) is 8.13. The molecule has 0 radical (unpaired) electrons. The number of rotatable bonds is 0. The molecule has 2 fully saturated rings. The molecule has 3 rings (SSSR count). The molecule has 0 heterocycles. The molecule has 0 aromatic rings. The summed E-state index contributed by atoms with van der Waals surface area (Å²) >= 11 is 0. The molecule has 3 unspecified atom stereocenters. The maximum atomic E-state index is 12.9. The minimum Gasteiger partial charge on any atom is -0.207 e. The maximum Gasteiger partial charge on any atom is 0.119 e. The second-order valence-electron chi connectivity index (χ2n) is 4.35. The second-order valence-corrected chi connectivity index (χ2v) is 4.35. The summed E-state index contributed by atoms with van der Waals surface area (Å²) in [6.45, 7) is 0. The van der Waals surface area contributed by atoms with Crippen LogP contribution in [0, 0.1) is 17.8 Å². The Hall–Kier alpha value is -0.590. The van der Waals surface area contributed by atoms with Crippen LogP contribution in [0.4, 0.5) is 4.39 Å². The zero-order valence-corrected chi connectivity index (χ0v) is 7.09. The van der Waals surface area contributed by atoms with Crippen molar-refractivity contribution in [3.8, 4) is 0 Å². The molecule has 12 heavy (non-hydrogen) atoms. The number of hydrogen-bond donors (Lipinski definition) is 0. The van der Waals surface area contributed by atoms with Crippen LogP contribution >= 0.6 is 0 Å². The van der Waals surface area contributed by atoms with Crippen molar-refractivity contribution in [1.29, 1.82) is 0 Å². The summed E-state index contributed by atoms with van der Waals surface area (Å²) in [5.41, 5.74) is 1.40. The van der Waals surface area contributed by atoms with Gasteiger partial charge in [0.25, 0.3) is 0 Å². The Morgan fingerprint density at radius 3 is 3.25 bits per heavy atom. The van der Waals surface area contributed by atoms with Crippen LogP contribution in [0.15, 0.2) is 23.6 Å². The first-order valence-corrected chi connectivity index (χ1v) is 4.91. The van der Waals surface area contributed by atoms with Crippen LogP contribution in [-0.2, 0) is 0 Å². The van der Waals surface area contributed by atoms with Crippen molar-refractivity contribution in [1.82, 2.24) is 0 Å². The number of halogens is 1. The molecule has 0 nitrogen and oxygen atoms in total. The van der Waals surface area contributed by atoms with Crippen molar-refractivity contribution in [2.75, 3.05) is 0 Å². The van der Waals surface area contributed by atoms with Gasteiger partial charge in [0.2, 0.25) is 0 Å². The fraction of sp³-hybridized carbons (Fsp3) is 0.636. The van der Waals surface area contributed by atoms with Crippen molar-refractivity contribution in [2.45, 2.75) is 25.7 Å². The molecule has 0 spiro atoms. The Labute approximate surface area is 72.2 Å². The van der Waals surface area contributed by atoms with Crippen molar-refractivity contribution in [3.63, 3.8) is 0 Å². The number of fused-ring (bicyclic) bond motifs is 3. The topological polar surface area (TPSA) is 0 Å². The first kappa shape index (κ1) is 6.88. The molecule has 1 heteroatoms. The van der Waals surface area contributed by atoms with Crippen molar-refractivity contribution < 1.29 is 4.39 Å². The normalized spacial score (nSPS) is 43.9. The van der Waals surface area contributed by atoms with Crippen LogP contribution in [0.25, 0.3) is 0 Å². The van der Waals surface area contributed by atoms with Gasteiger partial charge in [0.15, 0.2) is 0 Å². The van der Waals surface area contributed by atoms with Gasteiger partial charge < -0.3 is 0 Å².